The highest BCUT2D eigenvalue weighted by molar-refractivity contribution is 5.69. The van der Waals surface area contributed by atoms with E-state index in [0.29, 0.717) is 5.56 Å². The van der Waals surface area contributed by atoms with E-state index in [1.54, 1.807) is 24.3 Å². The topological polar surface area (TPSA) is 168 Å². The standard InChI is InChI=1S/C27H34O14/c1-14(28)35-10-8-9-19-11-20(33-6)23(21(12-19)34-7)41-27-26(39-18(5)32)25(38-17(4)31)24(37-16(3)30)22(40-27)13-36-15(2)29/h8-9,11-12,22,24-27H,10,13H2,1-7H3. The number of benzene rings is 1. The van der Waals surface area contributed by atoms with Gasteiger partial charge in [0, 0.05) is 34.6 Å². The summed E-state index contributed by atoms with van der Waals surface area (Å²) in [6.07, 6.45) is -3.64. The van der Waals surface area contributed by atoms with Crippen LogP contribution in [0.4, 0.5) is 0 Å². The molecule has 0 N–H and O–H groups in total. The molecule has 0 radical (unpaired) electrons. The van der Waals surface area contributed by atoms with E-state index in [0.717, 1.165) is 20.8 Å². The van der Waals surface area contributed by atoms with Gasteiger partial charge in [-0.1, -0.05) is 6.08 Å². The fourth-order valence-electron chi connectivity index (χ4n) is 3.86. The highest BCUT2D eigenvalue weighted by Gasteiger charge is 2.53. The zero-order valence-electron chi connectivity index (χ0n) is 23.8. The van der Waals surface area contributed by atoms with Crippen molar-refractivity contribution in [1.82, 2.24) is 0 Å². The third-order valence-corrected chi connectivity index (χ3v) is 5.36. The second-order valence-corrected chi connectivity index (χ2v) is 8.65. The van der Waals surface area contributed by atoms with Gasteiger partial charge in [-0.25, -0.2) is 0 Å². The Bertz CT molecular complexity index is 1120. The summed E-state index contributed by atoms with van der Waals surface area (Å²) < 4.78 is 49.3. The minimum atomic E-state index is -1.50. The molecule has 1 aromatic carbocycles. The van der Waals surface area contributed by atoms with Crippen LogP contribution in [-0.4, -0.2) is 88.0 Å². The summed E-state index contributed by atoms with van der Waals surface area (Å²) in [6.45, 7) is 5.43. The smallest absolute Gasteiger partial charge is 0.303 e. The summed E-state index contributed by atoms with van der Waals surface area (Å²) in [6, 6.07) is 3.18. The maximum atomic E-state index is 12.1. The highest BCUT2D eigenvalue weighted by Crippen LogP contribution is 2.41. The Morgan fingerprint density at radius 2 is 1.24 bits per heavy atom. The molecule has 0 saturated carbocycles. The molecule has 41 heavy (non-hydrogen) atoms. The van der Waals surface area contributed by atoms with Gasteiger partial charge in [-0.2, -0.15) is 0 Å². The maximum Gasteiger partial charge on any atom is 0.303 e. The molecule has 14 heteroatoms. The van der Waals surface area contributed by atoms with Gasteiger partial charge in [0.25, 0.3) is 0 Å². The van der Waals surface area contributed by atoms with Gasteiger partial charge in [0.1, 0.15) is 19.3 Å². The number of carbonyl (C=O) groups excluding carboxylic acids is 5. The Morgan fingerprint density at radius 1 is 0.732 bits per heavy atom. The van der Waals surface area contributed by atoms with Gasteiger partial charge in [-0.3, -0.25) is 24.0 Å². The normalized spacial score (nSPS) is 21.8. The lowest BCUT2D eigenvalue weighted by atomic mass is 9.98. The largest absolute Gasteiger partial charge is 0.493 e. The zero-order chi connectivity index (χ0) is 30.7. The molecule has 5 unspecified atom stereocenters. The number of hydrogen-bond donors (Lipinski definition) is 0. The van der Waals surface area contributed by atoms with E-state index in [1.165, 1.54) is 28.1 Å². The molecule has 1 aliphatic heterocycles. The predicted molar refractivity (Wildman–Crippen MR) is 138 cm³/mol. The van der Waals surface area contributed by atoms with E-state index in [4.69, 9.17) is 42.6 Å². The van der Waals surface area contributed by atoms with Crippen molar-refractivity contribution in [3.8, 4) is 17.2 Å². The predicted octanol–water partition coefficient (Wildman–Crippen LogP) is 1.74. The maximum absolute atomic E-state index is 12.1. The fourth-order valence-corrected chi connectivity index (χ4v) is 3.86. The number of esters is 5. The van der Waals surface area contributed by atoms with E-state index in [9.17, 15) is 24.0 Å². The summed E-state index contributed by atoms with van der Waals surface area (Å²) in [5.74, 6) is -3.04. The van der Waals surface area contributed by atoms with Gasteiger partial charge in [-0.15, -0.1) is 0 Å². The van der Waals surface area contributed by atoms with Crippen molar-refractivity contribution >= 4 is 35.9 Å². The van der Waals surface area contributed by atoms with Crippen LogP contribution < -0.4 is 14.2 Å². The van der Waals surface area contributed by atoms with E-state index in [-0.39, 0.29) is 23.9 Å². The van der Waals surface area contributed by atoms with Crippen molar-refractivity contribution < 1.29 is 66.6 Å². The minimum Gasteiger partial charge on any atom is -0.493 e. The molecule has 0 aromatic heterocycles. The van der Waals surface area contributed by atoms with Gasteiger partial charge >= 0.3 is 29.8 Å². The van der Waals surface area contributed by atoms with Crippen LogP contribution in [0.1, 0.15) is 40.2 Å². The lowest BCUT2D eigenvalue weighted by Gasteiger charge is -2.44. The summed E-state index contributed by atoms with van der Waals surface area (Å²) in [4.78, 5) is 58.6. The van der Waals surface area contributed by atoms with Crippen LogP contribution in [-0.2, 0) is 52.4 Å². The third kappa shape index (κ3) is 9.98. The fraction of sp³-hybridized carbons (Fsp3) is 0.519. The van der Waals surface area contributed by atoms with Gasteiger partial charge < -0.3 is 42.6 Å². The molecule has 2 rings (SSSR count). The number of methoxy groups -OCH3 is 2. The lowest BCUT2D eigenvalue weighted by molar-refractivity contribution is -0.288. The molecule has 1 saturated heterocycles. The minimum absolute atomic E-state index is 0.0213. The van der Waals surface area contributed by atoms with Crippen LogP contribution in [0.3, 0.4) is 0 Å². The number of rotatable bonds is 12. The number of hydrogen-bond acceptors (Lipinski definition) is 14. The van der Waals surface area contributed by atoms with Gasteiger partial charge in [0.05, 0.1) is 14.2 Å². The molecule has 0 amide bonds. The summed E-state index contributed by atoms with van der Waals surface area (Å²) in [5, 5.41) is 0. The Balaban J connectivity index is 2.56. The first kappa shape index (κ1) is 32.9. The summed E-state index contributed by atoms with van der Waals surface area (Å²) >= 11 is 0. The monoisotopic (exact) mass is 582 g/mol. The Kier molecular flexibility index (Phi) is 12.4. The average molecular weight is 583 g/mol. The second-order valence-electron chi connectivity index (χ2n) is 8.65. The van der Waals surface area contributed by atoms with Crippen LogP contribution >= 0.6 is 0 Å². The second kappa shape index (κ2) is 15.5. The first-order valence-electron chi connectivity index (χ1n) is 12.4. The van der Waals surface area contributed by atoms with Crippen molar-refractivity contribution in [2.75, 3.05) is 27.4 Å². The molecule has 226 valence electrons. The number of ether oxygens (including phenoxy) is 9. The Morgan fingerprint density at radius 3 is 1.73 bits per heavy atom. The van der Waals surface area contributed by atoms with Crippen LogP contribution in [0.5, 0.6) is 17.2 Å². The first-order valence-corrected chi connectivity index (χ1v) is 12.4. The lowest BCUT2D eigenvalue weighted by Crippen LogP contribution is -2.63. The Hall–Kier alpha value is -4.33. The van der Waals surface area contributed by atoms with E-state index >= 15 is 0 Å². The van der Waals surface area contributed by atoms with Crippen molar-refractivity contribution in [3.63, 3.8) is 0 Å². The molecule has 1 fully saturated rings. The van der Waals surface area contributed by atoms with Crippen LogP contribution in [0.2, 0.25) is 0 Å². The average Bonchev–Trinajstić information content (AvgIpc) is 2.88. The molecular formula is C27H34O14. The molecule has 14 nitrogen and oxygen atoms in total. The van der Waals surface area contributed by atoms with Crippen molar-refractivity contribution in [2.24, 2.45) is 0 Å². The summed E-state index contributed by atoms with van der Waals surface area (Å²) in [7, 11) is 2.75. The molecule has 1 aromatic rings. The van der Waals surface area contributed by atoms with Crippen LogP contribution in [0.15, 0.2) is 18.2 Å². The third-order valence-electron chi connectivity index (χ3n) is 5.36. The van der Waals surface area contributed by atoms with E-state index in [1.807, 2.05) is 0 Å². The van der Waals surface area contributed by atoms with Gasteiger partial charge in [-0.05, 0) is 23.8 Å². The van der Waals surface area contributed by atoms with Crippen LogP contribution in [0.25, 0.3) is 6.08 Å². The van der Waals surface area contributed by atoms with Gasteiger partial charge in [0.2, 0.25) is 18.1 Å². The molecule has 1 heterocycles. The van der Waals surface area contributed by atoms with Crippen LogP contribution in [0, 0.1) is 0 Å². The quantitative estimate of drug-likeness (QED) is 0.258. The Labute approximate surface area is 236 Å². The highest BCUT2D eigenvalue weighted by atomic mass is 16.7. The molecule has 5 atom stereocenters. The van der Waals surface area contributed by atoms with Crippen molar-refractivity contribution in [3.05, 3.63) is 23.8 Å². The zero-order valence-corrected chi connectivity index (χ0v) is 23.8. The number of carbonyl (C=O) groups is 5. The molecule has 0 spiro atoms. The van der Waals surface area contributed by atoms with E-state index in [2.05, 4.69) is 0 Å². The molecule has 0 aliphatic carbocycles. The van der Waals surface area contributed by atoms with Gasteiger partial charge in [0.15, 0.2) is 23.7 Å². The van der Waals surface area contributed by atoms with Crippen molar-refractivity contribution in [2.45, 2.75) is 65.3 Å². The van der Waals surface area contributed by atoms with E-state index < -0.39 is 67.2 Å². The molecule has 0 bridgehead atoms. The van der Waals surface area contributed by atoms with Crippen molar-refractivity contribution in [1.29, 1.82) is 0 Å². The molecular weight excluding hydrogens is 548 g/mol. The molecule has 1 aliphatic rings. The summed E-state index contributed by atoms with van der Waals surface area (Å²) in [5.41, 5.74) is 0.597. The first-order chi connectivity index (χ1) is 19.4. The SMILES string of the molecule is COc1cc(C=CCOC(C)=O)cc(OC)c1OC1OC(COC(C)=O)C(OC(C)=O)C(OC(C)=O)C1OC(C)=O.